The molecule has 6 heteroatoms. The average molecular weight is 338 g/mol. The summed E-state index contributed by atoms with van der Waals surface area (Å²) in [7, 11) is 0. The lowest BCUT2D eigenvalue weighted by molar-refractivity contribution is 0.136. The van der Waals surface area contributed by atoms with E-state index in [4.69, 9.17) is 4.52 Å². The molecule has 130 valence electrons. The number of likely N-dealkylation sites (tertiary alicyclic amines) is 1. The molecule has 0 N–H and O–H groups in total. The summed E-state index contributed by atoms with van der Waals surface area (Å²) >= 11 is 0. The summed E-state index contributed by atoms with van der Waals surface area (Å²) in [5, 5.41) is 9.40. The Bertz CT molecular complexity index is 945. The van der Waals surface area contributed by atoms with Crippen LogP contribution in [0, 0.1) is 12.8 Å². The van der Waals surface area contributed by atoms with E-state index in [1.54, 1.807) is 0 Å². The highest BCUT2D eigenvalue weighted by Gasteiger charge is 2.21. The van der Waals surface area contributed by atoms with Crippen molar-refractivity contribution in [1.29, 1.82) is 0 Å². The Hall–Kier alpha value is -2.47. The van der Waals surface area contributed by atoms with Gasteiger partial charge < -0.3 is 4.52 Å². The van der Waals surface area contributed by atoms with Gasteiger partial charge in [0.2, 0.25) is 0 Å². The minimum Gasteiger partial charge on any atom is -0.360 e. The van der Waals surface area contributed by atoms with Gasteiger partial charge in [-0.1, -0.05) is 42.4 Å². The number of rotatable bonds is 3. The van der Waals surface area contributed by atoms with Crippen molar-refractivity contribution in [3.05, 3.63) is 46.4 Å². The topological polar surface area (TPSA) is 64.2 Å². The number of benzene rings is 1. The van der Waals surface area contributed by atoms with Crippen LogP contribution in [0.1, 0.15) is 25.5 Å². The van der Waals surface area contributed by atoms with Crippen LogP contribution in [0.5, 0.6) is 0 Å². The van der Waals surface area contributed by atoms with Crippen molar-refractivity contribution in [2.24, 2.45) is 5.92 Å². The number of piperidine rings is 1. The highest BCUT2D eigenvalue weighted by Crippen LogP contribution is 2.27. The first-order chi connectivity index (χ1) is 12.1. The highest BCUT2D eigenvalue weighted by atomic mass is 16.5. The van der Waals surface area contributed by atoms with Crippen LogP contribution in [0.2, 0.25) is 0 Å². The zero-order valence-corrected chi connectivity index (χ0v) is 14.6. The predicted molar refractivity (Wildman–Crippen MR) is 96.2 cm³/mol. The molecule has 1 fully saturated rings. The fraction of sp³-hybridized carbons (Fsp3) is 0.421. The summed E-state index contributed by atoms with van der Waals surface area (Å²) in [4.78, 5) is 15.1. The summed E-state index contributed by atoms with van der Waals surface area (Å²) in [5.41, 5.74) is 1.87. The van der Waals surface area contributed by atoms with Gasteiger partial charge in [-0.05, 0) is 32.2 Å². The van der Waals surface area contributed by atoms with Gasteiger partial charge in [0.25, 0.3) is 5.56 Å². The predicted octanol–water partition coefficient (Wildman–Crippen LogP) is 3.05. The van der Waals surface area contributed by atoms with E-state index in [0.29, 0.717) is 29.2 Å². The Morgan fingerprint density at radius 2 is 2.08 bits per heavy atom. The number of aromatic nitrogens is 3. The van der Waals surface area contributed by atoms with Crippen LogP contribution in [-0.2, 0) is 6.67 Å². The van der Waals surface area contributed by atoms with Gasteiger partial charge in [-0.3, -0.25) is 9.69 Å². The minimum atomic E-state index is -0.190. The molecule has 0 aliphatic carbocycles. The molecule has 4 rings (SSSR count). The Kier molecular flexibility index (Phi) is 4.13. The number of fused-ring (bicyclic) bond motifs is 1. The van der Waals surface area contributed by atoms with Crippen LogP contribution in [0.3, 0.4) is 0 Å². The molecule has 0 amide bonds. The summed E-state index contributed by atoms with van der Waals surface area (Å²) in [6.45, 7) is 6.55. The maximum absolute atomic E-state index is 12.8. The van der Waals surface area contributed by atoms with Gasteiger partial charge in [-0.15, -0.1) is 0 Å². The third kappa shape index (κ3) is 2.98. The molecule has 0 saturated carbocycles. The van der Waals surface area contributed by atoms with Crippen molar-refractivity contribution in [3.8, 4) is 11.3 Å². The van der Waals surface area contributed by atoms with E-state index >= 15 is 0 Å². The van der Waals surface area contributed by atoms with Gasteiger partial charge >= 0.3 is 0 Å². The Morgan fingerprint density at radius 3 is 2.84 bits per heavy atom. The van der Waals surface area contributed by atoms with Crippen molar-refractivity contribution >= 4 is 10.9 Å². The smallest absolute Gasteiger partial charge is 0.298 e. The van der Waals surface area contributed by atoms with Crippen molar-refractivity contribution in [2.75, 3.05) is 13.1 Å². The number of aryl methyl sites for hydroxylation is 1. The summed E-state index contributed by atoms with van der Waals surface area (Å²) in [6.07, 6.45) is 2.41. The largest absolute Gasteiger partial charge is 0.360 e. The molecular formula is C19H22N4O2. The third-order valence-corrected chi connectivity index (χ3v) is 4.88. The summed E-state index contributed by atoms with van der Waals surface area (Å²) in [5.74, 6) is 1.27. The number of hydrogen-bond acceptors (Lipinski definition) is 5. The van der Waals surface area contributed by atoms with E-state index < -0.39 is 0 Å². The first-order valence-corrected chi connectivity index (χ1v) is 8.78. The van der Waals surface area contributed by atoms with Gasteiger partial charge in [0.1, 0.15) is 11.5 Å². The molecule has 1 unspecified atom stereocenters. The summed E-state index contributed by atoms with van der Waals surface area (Å²) < 4.78 is 6.84. The van der Waals surface area contributed by atoms with Crippen molar-refractivity contribution in [2.45, 2.75) is 33.4 Å². The van der Waals surface area contributed by atoms with E-state index in [1.165, 1.54) is 11.1 Å². The first-order valence-electron chi connectivity index (χ1n) is 8.78. The van der Waals surface area contributed by atoms with Crippen molar-refractivity contribution in [1.82, 2.24) is 19.8 Å². The van der Waals surface area contributed by atoms with Crippen molar-refractivity contribution in [3.63, 3.8) is 0 Å². The minimum absolute atomic E-state index is 0.190. The first kappa shape index (κ1) is 16.0. The Morgan fingerprint density at radius 1 is 1.28 bits per heavy atom. The van der Waals surface area contributed by atoms with E-state index in [0.717, 1.165) is 30.8 Å². The molecular weight excluding hydrogens is 316 g/mol. The molecule has 6 nitrogen and oxygen atoms in total. The molecule has 0 spiro atoms. The van der Waals surface area contributed by atoms with Gasteiger partial charge in [-0.25, -0.2) is 4.68 Å². The lowest BCUT2D eigenvalue weighted by Gasteiger charge is -2.30. The molecule has 0 radical (unpaired) electrons. The maximum Gasteiger partial charge on any atom is 0.298 e. The lowest BCUT2D eigenvalue weighted by atomic mass is 10.0. The van der Waals surface area contributed by atoms with E-state index in [1.807, 2.05) is 37.3 Å². The molecule has 1 aliphatic heterocycles. The van der Waals surface area contributed by atoms with Gasteiger partial charge in [0.15, 0.2) is 5.52 Å². The Balaban J connectivity index is 1.82. The van der Waals surface area contributed by atoms with Crippen molar-refractivity contribution < 1.29 is 4.52 Å². The van der Waals surface area contributed by atoms with Crippen LogP contribution in [-0.4, -0.2) is 32.9 Å². The zero-order valence-electron chi connectivity index (χ0n) is 14.6. The van der Waals surface area contributed by atoms with Crippen LogP contribution in [0.25, 0.3) is 22.2 Å². The standard InChI is InChI=1S/C19H22N4O2/c1-13-7-6-10-22(11-13)12-23-19(24)18-16(14(2)25-21-18)17(20-23)15-8-4-3-5-9-15/h3-5,8-9,13H,6-7,10-12H2,1-2H3. The molecule has 3 heterocycles. The van der Waals surface area contributed by atoms with Crippen LogP contribution >= 0.6 is 0 Å². The maximum atomic E-state index is 12.8. The second-order valence-corrected chi connectivity index (χ2v) is 6.95. The quantitative estimate of drug-likeness (QED) is 0.734. The van der Waals surface area contributed by atoms with Crippen LogP contribution in [0.15, 0.2) is 39.6 Å². The molecule has 0 bridgehead atoms. The third-order valence-electron chi connectivity index (χ3n) is 4.88. The number of hydrogen-bond donors (Lipinski definition) is 0. The second kappa shape index (κ2) is 6.44. The highest BCUT2D eigenvalue weighted by molar-refractivity contribution is 5.92. The van der Waals surface area contributed by atoms with E-state index in [-0.39, 0.29) is 5.56 Å². The fourth-order valence-corrected chi connectivity index (χ4v) is 3.63. The fourth-order valence-electron chi connectivity index (χ4n) is 3.63. The van der Waals surface area contributed by atoms with E-state index in [9.17, 15) is 4.79 Å². The molecule has 1 aromatic carbocycles. The SMILES string of the molecule is Cc1onc2c(=O)n(CN3CCCC(C)C3)nc(-c3ccccc3)c12. The number of nitrogens with zero attached hydrogens (tertiary/aromatic N) is 4. The molecule has 1 saturated heterocycles. The van der Waals surface area contributed by atoms with E-state index in [2.05, 4.69) is 22.1 Å². The summed E-state index contributed by atoms with van der Waals surface area (Å²) in [6, 6.07) is 9.88. The van der Waals surface area contributed by atoms with Gasteiger partial charge in [-0.2, -0.15) is 5.10 Å². The van der Waals surface area contributed by atoms with Gasteiger partial charge in [0.05, 0.1) is 12.1 Å². The normalized spacial score (nSPS) is 18.7. The molecule has 1 aliphatic rings. The van der Waals surface area contributed by atoms with Gasteiger partial charge in [0, 0.05) is 12.1 Å². The molecule has 2 aromatic heterocycles. The second-order valence-electron chi connectivity index (χ2n) is 6.95. The molecule has 3 aromatic rings. The lowest BCUT2D eigenvalue weighted by Crippen LogP contribution is -2.39. The average Bonchev–Trinajstić information content (AvgIpc) is 3.00. The van der Waals surface area contributed by atoms with Crippen LogP contribution in [0.4, 0.5) is 0 Å². The van der Waals surface area contributed by atoms with Crippen LogP contribution < -0.4 is 5.56 Å². The molecule has 25 heavy (non-hydrogen) atoms. The zero-order chi connectivity index (χ0) is 17.4. The molecule has 1 atom stereocenters. The Labute approximate surface area is 146 Å². The monoisotopic (exact) mass is 338 g/mol.